The first kappa shape index (κ1) is 22.9. The predicted octanol–water partition coefficient (Wildman–Crippen LogP) is 9.50. The van der Waals surface area contributed by atoms with Gasteiger partial charge in [-0.15, -0.1) is 0 Å². The van der Waals surface area contributed by atoms with E-state index in [4.69, 9.17) is 5.73 Å². The van der Waals surface area contributed by atoms with Crippen molar-refractivity contribution in [2.75, 3.05) is 10.6 Å². The second-order valence-corrected chi connectivity index (χ2v) is 9.67. The van der Waals surface area contributed by atoms with Crippen molar-refractivity contribution in [1.82, 2.24) is 4.57 Å². The van der Waals surface area contributed by atoms with E-state index in [1.165, 1.54) is 10.8 Å². The van der Waals surface area contributed by atoms with Gasteiger partial charge in [0.05, 0.1) is 11.0 Å². The lowest BCUT2D eigenvalue weighted by atomic mass is 9.98. The summed E-state index contributed by atoms with van der Waals surface area (Å²) >= 11 is 0. The summed E-state index contributed by atoms with van der Waals surface area (Å²) in [5, 5.41) is 2.39. The van der Waals surface area contributed by atoms with Crippen LogP contribution in [0, 0.1) is 0 Å². The fourth-order valence-corrected chi connectivity index (χ4v) is 5.61. The maximum Gasteiger partial charge on any atom is 0.0621 e. The number of aromatic nitrogens is 1. The average molecular weight is 502 g/mol. The standard InChI is InChI=1S/C36H27N3/c37-34-22-12-10-20-30(34)32-24-29(38(26-14-4-1-5-15-26)27-16-6-2-7-17-27)25-33-31-21-11-13-23-35(31)39(36(32)33)28-18-8-3-9-19-28/h1-25H,37H2. The van der Waals surface area contributed by atoms with Crippen LogP contribution in [0.3, 0.4) is 0 Å². The van der Waals surface area contributed by atoms with Crippen LogP contribution < -0.4 is 10.6 Å². The lowest BCUT2D eigenvalue weighted by molar-refractivity contribution is 1.18. The van der Waals surface area contributed by atoms with Gasteiger partial charge in [-0.25, -0.2) is 0 Å². The normalized spacial score (nSPS) is 11.2. The fraction of sp³-hybridized carbons (Fsp3) is 0. The summed E-state index contributed by atoms with van der Waals surface area (Å²) < 4.78 is 2.37. The molecule has 0 aliphatic carbocycles. The van der Waals surface area contributed by atoms with Crippen LogP contribution >= 0.6 is 0 Å². The third kappa shape index (κ3) is 3.92. The number of nitrogen functional groups attached to an aromatic ring is 1. The van der Waals surface area contributed by atoms with Gasteiger partial charge in [0.1, 0.15) is 0 Å². The van der Waals surface area contributed by atoms with Crippen molar-refractivity contribution in [1.29, 1.82) is 0 Å². The molecule has 0 spiro atoms. The van der Waals surface area contributed by atoms with E-state index in [-0.39, 0.29) is 0 Å². The summed E-state index contributed by atoms with van der Waals surface area (Å²) in [6.45, 7) is 0. The summed E-state index contributed by atoms with van der Waals surface area (Å²) in [5.74, 6) is 0. The number of hydrogen-bond acceptors (Lipinski definition) is 2. The van der Waals surface area contributed by atoms with Crippen LogP contribution in [-0.2, 0) is 0 Å². The molecule has 6 aromatic carbocycles. The molecule has 7 aromatic rings. The molecule has 7 rings (SSSR count). The van der Waals surface area contributed by atoms with Gasteiger partial charge in [0.2, 0.25) is 0 Å². The molecule has 2 N–H and O–H groups in total. The van der Waals surface area contributed by atoms with E-state index in [1.807, 2.05) is 12.1 Å². The van der Waals surface area contributed by atoms with Crippen molar-refractivity contribution in [2.45, 2.75) is 0 Å². The predicted molar refractivity (Wildman–Crippen MR) is 165 cm³/mol. The number of rotatable bonds is 5. The zero-order valence-electron chi connectivity index (χ0n) is 21.4. The van der Waals surface area contributed by atoms with Gasteiger partial charge < -0.3 is 15.2 Å². The van der Waals surface area contributed by atoms with Crippen molar-refractivity contribution in [3.8, 4) is 16.8 Å². The highest BCUT2D eigenvalue weighted by atomic mass is 15.1. The molecule has 0 saturated heterocycles. The number of fused-ring (bicyclic) bond motifs is 3. The zero-order chi connectivity index (χ0) is 26.2. The molecule has 0 aliphatic rings. The Morgan fingerprint density at radius 2 is 1.03 bits per heavy atom. The van der Waals surface area contributed by atoms with E-state index >= 15 is 0 Å². The van der Waals surface area contributed by atoms with E-state index in [2.05, 4.69) is 149 Å². The fourth-order valence-electron chi connectivity index (χ4n) is 5.61. The number of benzene rings is 6. The van der Waals surface area contributed by atoms with E-state index in [1.54, 1.807) is 0 Å². The molecule has 186 valence electrons. The molecular weight excluding hydrogens is 474 g/mol. The van der Waals surface area contributed by atoms with Crippen molar-refractivity contribution in [2.24, 2.45) is 0 Å². The van der Waals surface area contributed by atoms with Crippen LogP contribution in [0.15, 0.2) is 152 Å². The minimum Gasteiger partial charge on any atom is -0.398 e. The van der Waals surface area contributed by atoms with Gasteiger partial charge in [0, 0.05) is 50.3 Å². The lowest BCUT2D eigenvalue weighted by Gasteiger charge is -2.26. The number of hydrogen-bond donors (Lipinski definition) is 1. The number of anilines is 4. The molecule has 39 heavy (non-hydrogen) atoms. The molecule has 3 heteroatoms. The Kier molecular flexibility index (Phi) is 5.60. The molecule has 1 heterocycles. The average Bonchev–Trinajstić information content (AvgIpc) is 3.33. The Morgan fingerprint density at radius 1 is 0.462 bits per heavy atom. The second kappa shape index (κ2) is 9.55. The Morgan fingerprint density at radius 3 is 1.69 bits per heavy atom. The Labute approximate surface area is 228 Å². The monoisotopic (exact) mass is 501 g/mol. The molecule has 0 saturated carbocycles. The first-order valence-corrected chi connectivity index (χ1v) is 13.2. The molecule has 0 radical (unpaired) electrons. The molecule has 3 nitrogen and oxygen atoms in total. The van der Waals surface area contributed by atoms with Crippen molar-refractivity contribution < 1.29 is 0 Å². The quantitative estimate of drug-likeness (QED) is 0.238. The summed E-state index contributed by atoms with van der Waals surface area (Å²) in [5.41, 5.74) is 16.2. The van der Waals surface area contributed by atoms with Gasteiger partial charge in [-0.2, -0.15) is 0 Å². The molecule has 0 fully saturated rings. The van der Waals surface area contributed by atoms with Gasteiger partial charge >= 0.3 is 0 Å². The van der Waals surface area contributed by atoms with Gasteiger partial charge in [-0.3, -0.25) is 0 Å². The maximum absolute atomic E-state index is 6.65. The molecule has 0 bridgehead atoms. The number of para-hydroxylation sites is 5. The number of nitrogens with zero attached hydrogens (tertiary/aromatic N) is 2. The van der Waals surface area contributed by atoms with Gasteiger partial charge in [0.15, 0.2) is 0 Å². The topological polar surface area (TPSA) is 34.2 Å². The molecule has 0 unspecified atom stereocenters. The van der Waals surface area contributed by atoms with Crippen molar-refractivity contribution in [3.63, 3.8) is 0 Å². The van der Waals surface area contributed by atoms with E-state index in [0.29, 0.717) is 0 Å². The molecular formula is C36H27N3. The van der Waals surface area contributed by atoms with E-state index < -0.39 is 0 Å². The summed E-state index contributed by atoms with van der Waals surface area (Å²) in [4.78, 5) is 2.32. The van der Waals surface area contributed by atoms with Gasteiger partial charge in [-0.1, -0.05) is 91.0 Å². The first-order chi connectivity index (χ1) is 19.3. The SMILES string of the molecule is Nc1ccccc1-c1cc(N(c2ccccc2)c2ccccc2)cc2c3ccccc3n(-c3ccccc3)c12. The van der Waals surface area contributed by atoms with E-state index in [9.17, 15) is 0 Å². The Balaban J connectivity index is 1.64. The molecule has 0 amide bonds. The van der Waals surface area contributed by atoms with Crippen LogP contribution in [0.2, 0.25) is 0 Å². The van der Waals surface area contributed by atoms with Crippen LogP contribution in [0.5, 0.6) is 0 Å². The van der Waals surface area contributed by atoms with Crippen molar-refractivity contribution >= 4 is 44.6 Å². The minimum atomic E-state index is 0.756. The van der Waals surface area contributed by atoms with E-state index in [0.717, 1.165) is 50.6 Å². The largest absolute Gasteiger partial charge is 0.398 e. The van der Waals surface area contributed by atoms with Crippen molar-refractivity contribution in [3.05, 3.63) is 152 Å². The van der Waals surface area contributed by atoms with Gasteiger partial charge in [-0.05, 0) is 60.7 Å². The lowest BCUT2D eigenvalue weighted by Crippen LogP contribution is -2.10. The zero-order valence-corrected chi connectivity index (χ0v) is 21.4. The molecule has 1 aromatic heterocycles. The van der Waals surface area contributed by atoms with Crippen LogP contribution in [0.4, 0.5) is 22.7 Å². The highest BCUT2D eigenvalue weighted by Crippen LogP contribution is 2.45. The highest BCUT2D eigenvalue weighted by Gasteiger charge is 2.21. The second-order valence-electron chi connectivity index (χ2n) is 9.67. The van der Waals surface area contributed by atoms with Gasteiger partial charge in [0.25, 0.3) is 0 Å². The minimum absolute atomic E-state index is 0.756. The third-order valence-electron chi connectivity index (χ3n) is 7.31. The smallest absolute Gasteiger partial charge is 0.0621 e. The summed E-state index contributed by atoms with van der Waals surface area (Å²) in [7, 11) is 0. The Hall–Kier alpha value is -5.28. The summed E-state index contributed by atoms with van der Waals surface area (Å²) in [6, 6.07) is 53.0. The number of nitrogens with two attached hydrogens (primary N) is 1. The van der Waals surface area contributed by atoms with Crippen LogP contribution in [-0.4, -0.2) is 4.57 Å². The van der Waals surface area contributed by atoms with Crippen LogP contribution in [0.25, 0.3) is 38.6 Å². The maximum atomic E-state index is 6.65. The summed E-state index contributed by atoms with van der Waals surface area (Å²) in [6.07, 6.45) is 0. The Bertz CT molecular complexity index is 1870. The van der Waals surface area contributed by atoms with Crippen LogP contribution in [0.1, 0.15) is 0 Å². The first-order valence-electron chi connectivity index (χ1n) is 13.2. The third-order valence-corrected chi connectivity index (χ3v) is 7.31. The molecule has 0 aliphatic heterocycles. The highest BCUT2D eigenvalue weighted by molar-refractivity contribution is 6.16. The molecule has 0 atom stereocenters.